The van der Waals surface area contributed by atoms with Crippen molar-refractivity contribution in [3.63, 3.8) is 0 Å². The average molecular weight is 368 g/mol. The van der Waals surface area contributed by atoms with E-state index in [1.54, 1.807) is 0 Å². The number of aliphatic carboxylic acids is 1. The second-order valence-electron chi connectivity index (χ2n) is 4.81. The molecule has 7 nitrogen and oxygen atoms in total. The van der Waals surface area contributed by atoms with Gasteiger partial charge in [-0.3, -0.25) is 9.59 Å². The van der Waals surface area contributed by atoms with Gasteiger partial charge >= 0.3 is 5.97 Å². The van der Waals surface area contributed by atoms with Crippen LogP contribution < -0.4 is 5.32 Å². The lowest BCUT2D eigenvalue weighted by Crippen LogP contribution is -2.46. The summed E-state index contributed by atoms with van der Waals surface area (Å²) in [6.07, 6.45) is 0. The molecule has 0 aromatic heterocycles. The summed E-state index contributed by atoms with van der Waals surface area (Å²) >= 11 is 0. The summed E-state index contributed by atoms with van der Waals surface area (Å²) in [6.45, 7) is 1.53. The number of nitrogens with one attached hydrogen (secondary N) is 1. The SMILES string of the molecule is CC(=O)NCCN(C(C)C(=O)O)S(=O)(=O)c1cc(F)c(F)c(F)c1. The van der Waals surface area contributed by atoms with E-state index < -0.39 is 56.8 Å². The van der Waals surface area contributed by atoms with Crippen molar-refractivity contribution in [2.45, 2.75) is 24.8 Å². The lowest BCUT2D eigenvalue weighted by Gasteiger charge is -2.25. The molecule has 0 spiro atoms. The van der Waals surface area contributed by atoms with Crippen LogP contribution in [0.2, 0.25) is 0 Å². The van der Waals surface area contributed by atoms with Gasteiger partial charge in [0.25, 0.3) is 0 Å². The lowest BCUT2D eigenvalue weighted by atomic mass is 10.3. The Labute approximate surface area is 136 Å². The molecule has 0 bridgehead atoms. The summed E-state index contributed by atoms with van der Waals surface area (Å²) in [5.41, 5.74) is 0. The molecule has 2 N–H and O–H groups in total. The van der Waals surface area contributed by atoms with Crippen molar-refractivity contribution in [1.82, 2.24) is 9.62 Å². The summed E-state index contributed by atoms with van der Waals surface area (Å²) in [5.74, 6) is -7.28. The third-order valence-electron chi connectivity index (χ3n) is 3.06. The van der Waals surface area contributed by atoms with Gasteiger partial charge in [0.05, 0.1) is 4.90 Å². The number of halogens is 3. The highest BCUT2D eigenvalue weighted by Gasteiger charge is 2.34. The zero-order valence-corrected chi connectivity index (χ0v) is 13.5. The first-order chi connectivity index (χ1) is 11.0. The van der Waals surface area contributed by atoms with Crippen LogP contribution in [0.3, 0.4) is 0 Å². The molecule has 1 unspecified atom stereocenters. The number of benzene rings is 1. The van der Waals surface area contributed by atoms with Gasteiger partial charge in [-0.2, -0.15) is 4.31 Å². The van der Waals surface area contributed by atoms with E-state index >= 15 is 0 Å². The predicted octanol–water partition coefficient (Wildman–Crippen LogP) is 0.704. The van der Waals surface area contributed by atoms with Crippen LogP contribution in [-0.2, 0) is 19.6 Å². The number of sulfonamides is 1. The second kappa shape index (κ2) is 7.62. The first-order valence-electron chi connectivity index (χ1n) is 6.62. The van der Waals surface area contributed by atoms with Gasteiger partial charge in [0.1, 0.15) is 6.04 Å². The topological polar surface area (TPSA) is 104 Å². The molecule has 0 aliphatic rings. The Kier molecular flexibility index (Phi) is 6.32. The zero-order chi connectivity index (χ0) is 18.7. The maximum atomic E-state index is 13.3. The van der Waals surface area contributed by atoms with Gasteiger partial charge < -0.3 is 10.4 Å². The maximum Gasteiger partial charge on any atom is 0.321 e. The van der Waals surface area contributed by atoms with Gasteiger partial charge in [-0.1, -0.05) is 0 Å². The number of hydrogen-bond acceptors (Lipinski definition) is 4. The Hall–Kier alpha value is -2.14. The zero-order valence-electron chi connectivity index (χ0n) is 12.7. The molecule has 24 heavy (non-hydrogen) atoms. The van der Waals surface area contributed by atoms with Gasteiger partial charge in [0, 0.05) is 20.0 Å². The van der Waals surface area contributed by atoms with E-state index in [1.807, 2.05) is 0 Å². The first-order valence-corrected chi connectivity index (χ1v) is 8.06. The van der Waals surface area contributed by atoms with Crippen LogP contribution in [0.1, 0.15) is 13.8 Å². The molecule has 1 aromatic carbocycles. The molecule has 0 saturated carbocycles. The molecule has 0 saturated heterocycles. The minimum atomic E-state index is -4.65. The van der Waals surface area contributed by atoms with Gasteiger partial charge in [-0.05, 0) is 19.1 Å². The monoisotopic (exact) mass is 368 g/mol. The van der Waals surface area contributed by atoms with Gasteiger partial charge in [-0.25, -0.2) is 21.6 Å². The van der Waals surface area contributed by atoms with Crippen molar-refractivity contribution in [2.75, 3.05) is 13.1 Å². The summed E-state index contributed by atoms with van der Waals surface area (Å²) in [6, 6.07) is -1.07. The van der Waals surface area contributed by atoms with Crippen LogP contribution in [0.25, 0.3) is 0 Å². The largest absolute Gasteiger partial charge is 0.480 e. The van der Waals surface area contributed by atoms with Gasteiger partial charge in [0.15, 0.2) is 17.5 Å². The normalized spacial score (nSPS) is 12.9. The Balaban J connectivity index is 3.28. The van der Waals surface area contributed by atoms with Crippen LogP contribution in [0.15, 0.2) is 17.0 Å². The average Bonchev–Trinajstić information content (AvgIpc) is 2.47. The summed E-state index contributed by atoms with van der Waals surface area (Å²) in [7, 11) is -4.65. The first kappa shape index (κ1) is 19.9. The van der Waals surface area contributed by atoms with Gasteiger partial charge in [0.2, 0.25) is 15.9 Å². The van der Waals surface area contributed by atoms with Crippen molar-refractivity contribution in [2.24, 2.45) is 0 Å². The van der Waals surface area contributed by atoms with E-state index in [9.17, 15) is 31.2 Å². The van der Waals surface area contributed by atoms with Crippen LogP contribution in [0.5, 0.6) is 0 Å². The van der Waals surface area contributed by atoms with E-state index in [2.05, 4.69) is 5.32 Å². The molecule has 11 heteroatoms. The third kappa shape index (κ3) is 4.45. The molecule has 1 rings (SSSR count). The number of nitrogens with zero attached hydrogens (tertiary/aromatic N) is 1. The van der Waals surface area contributed by atoms with E-state index in [0.29, 0.717) is 4.31 Å². The third-order valence-corrected chi connectivity index (χ3v) is 5.01. The van der Waals surface area contributed by atoms with E-state index in [4.69, 9.17) is 5.11 Å². The fraction of sp³-hybridized carbons (Fsp3) is 0.385. The van der Waals surface area contributed by atoms with Crippen molar-refractivity contribution < 1.29 is 36.3 Å². The van der Waals surface area contributed by atoms with E-state index in [-0.39, 0.29) is 18.7 Å². The highest BCUT2D eigenvalue weighted by atomic mass is 32.2. The molecular weight excluding hydrogens is 353 g/mol. The summed E-state index contributed by atoms with van der Waals surface area (Å²) in [5, 5.41) is 11.3. The molecule has 1 amide bonds. The molecule has 0 aliphatic carbocycles. The summed E-state index contributed by atoms with van der Waals surface area (Å²) < 4.78 is 64.9. The number of carbonyl (C=O) groups excluding carboxylic acids is 1. The number of amides is 1. The van der Waals surface area contributed by atoms with Crippen LogP contribution in [0.4, 0.5) is 13.2 Å². The highest BCUT2D eigenvalue weighted by molar-refractivity contribution is 7.89. The van der Waals surface area contributed by atoms with Crippen molar-refractivity contribution in [1.29, 1.82) is 0 Å². The quantitative estimate of drug-likeness (QED) is 0.690. The Morgan fingerprint density at radius 2 is 1.75 bits per heavy atom. The van der Waals surface area contributed by atoms with Crippen molar-refractivity contribution >= 4 is 21.9 Å². The molecule has 0 aliphatic heterocycles. The highest BCUT2D eigenvalue weighted by Crippen LogP contribution is 2.22. The number of carboxylic acids is 1. The lowest BCUT2D eigenvalue weighted by molar-refractivity contribution is -0.140. The Morgan fingerprint density at radius 3 is 2.17 bits per heavy atom. The van der Waals surface area contributed by atoms with Crippen molar-refractivity contribution in [3.05, 3.63) is 29.6 Å². The molecule has 0 heterocycles. The predicted molar refractivity (Wildman–Crippen MR) is 76.0 cm³/mol. The summed E-state index contributed by atoms with van der Waals surface area (Å²) in [4.78, 5) is 21.0. The fourth-order valence-corrected chi connectivity index (χ4v) is 3.42. The molecule has 0 fully saturated rings. The number of hydrogen-bond donors (Lipinski definition) is 2. The Bertz CT molecular complexity index is 731. The number of carbonyl (C=O) groups is 2. The maximum absolute atomic E-state index is 13.3. The molecule has 134 valence electrons. The molecule has 1 aromatic rings. The van der Waals surface area contributed by atoms with E-state index in [0.717, 1.165) is 6.92 Å². The van der Waals surface area contributed by atoms with Gasteiger partial charge in [-0.15, -0.1) is 0 Å². The molecular formula is C13H15F3N2O5S. The minimum absolute atomic E-state index is 0.224. The van der Waals surface area contributed by atoms with Crippen molar-refractivity contribution in [3.8, 4) is 0 Å². The Morgan fingerprint density at radius 1 is 1.25 bits per heavy atom. The second-order valence-corrected chi connectivity index (χ2v) is 6.70. The van der Waals surface area contributed by atoms with Crippen LogP contribution in [-0.4, -0.2) is 48.8 Å². The molecule has 0 radical (unpaired) electrons. The smallest absolute Gasteiger partial charge is 0.321 e. The minimum Gasteiger partial charge on any atom is -0.480 e. The number of rotatable bonds is 7. The van der Waals surface area contributed by atoms with E-state index in [1.165, 1.54) is 6.92 Å². The standard InChI is InChI=1S/C13H15F3N2O5S/c1-7(13(20)21)18(4-3-17-8(2)19)24(22,23)9-5-10(14)12(16)11(15)6-9/h5-7H,3-4H2,1-2H3,(H,17,19)(H,20,21). The fourth-order valence-electron chi connectivity index (χ4n) is 1.80. The van der Waals surface area contributed by atoms with Crippen LogP contribution in [0, 0.1) is 17.5 Å². The number of carboxylic acid groups (broad SMARTS) is 1. The molecule has 1 atom stereocenters. The van der Waals surface area contributed by atoms with Crippen LogP contribution >= 0.6 is 0 Å².